The fourth-order valence-electron chi connectivity index (χ4n) is 3.17. The van der Waals surface area contributed by atoms with Crippen LogP contribution in [0.1, 0.15) is 38.8 Å². The molecule has 0 saturated carbocycles. The highest BCUT2D eigenvalue weighted by molar-refractivity contribution is 6.62. The van der Waals surface area contributed by atoms with Gasteiger partial charge in [0.1, 0.15) is 18.8 Å². The van der Waals surface area contributed by atoms with E-state index < -0.39 is 7.12 Å². The van der Waals surface area contributed by atoms with Crippen molar-refractivity contribution in [1.82, 2.24) is 0 Å². The molecule has 26 heavy (non-hydrogen) atoms. The van der Waals surface area contributed by atoms with Crippen molar-refractivity contribution in [2.45, 2.75) is 52.0 Å². The summed E-state index contributed by atoms with van der Waals surface area (Å²) in [6.45, 7) is 9.81. The van der Waals surface area contributed by atoms with Crippen LogP contribution in [0, 0.1) is 0 Å². The van der Waals surface area contributed by atoms with Gasteiger partial charge in [0, 0.05) is 11.1 Å². The number of nitrogens with zero attached hydrogens (tertiary/aromatic N) is 2. The lowest BCUT2D eigenvalue weighted by Gasteiger charge is -2.32. The highest BCUT2D eigenvalue weighted by Gasteiger charge is 2.52. The Balaban J connectivity index is 2.52. The van der Waals surface area contributed by atoms with Gasteiger partial charge in [-0.15, -0.1) is 0 Å². The third kappa shape index (κ3) is 4.80. The van der Waals surface area contributed by atoms with Crippen molar-refractivity contribution in [3.8, 4) is 5.75 Å². The van der Waals surface area contributed by atoms with Gasteiger partial charge < -0.3 is 23.4 Å². The molecule has 1 saturated heterocycles. The molecule has 1 aromatic carbocycles. The SMILES string of the molecule is CC1(C)OB(c2cc(C[N+](C)(C)C)c(O)cc2C[N+](C)(C)C)OC1(C)C. The van der Waals surface area contributed by atoms with E-state index in [0.29, 0.717) is 5.75 Å². The molecule has 0 atom stereocenters. The number of aromatic hydroxyl groups is 1. The fourth-order valence-corrected chi connectivity index (χ4v) is 3.17. The average molecular weight is 364 g/mol. The zero-order valence-corrected chi connectivity index (χ0v) is 18.3. The predicted octanol–water partition coefficient (Wildman–Crippen LogP) is 2.10. The summed E-state index contributed by atoms with van der Waals surface area (Å²) in [4.78, 5) is 0. The maximum Gasteiger partial charge on any atom is 0.495 e. The summed E-state index contributed by atoms with van der Waals surface area (Å²) in [6.07, 6.45) is 0. The summed E-state index contributed by atoms with van der Waals surface area (Å²) in [7, 11) is 12.4. The zero-order chi connectivity index (χ0) is 20.1. The van der Waals surface area contributed by atoms with E-state index in [0.717, 1.165) is 38.6 Å². The molecule has 0 aromatic heterocycles. The topological polar surface area (TPSA) is 38.7 Å². The van der Waals surface area contributed by atoms with E-state index in [1.54, 1.807) is 0 Å². The van der Waals surface area contributed by atoms with Crippen LogP contribution in [0.25, 0.3) is 0 Å². The molecule has 1 heterocycles. The van der Waals surface area contributed by atoms with Crippen LogP contribution in [-0.2, 0) is 22.4 Å². The van der Waals surface area contributed by atoms with Crippen LogP contribution in [0.5, 0.6) is 5.75 Å². The predicted molar refractivity (Wildman–Crippen MR) is 107 cm³/mol. The van der Waals surface area contributed by atoms with E-state index in [-0.39, 0.29) is 11.2 Å². The highest BCUT2D eigenvalue weighted by atomic mass is 16.7. The van der Waals surface area contributed by atoms with Crippen LogP contribution in [-0.4, -0.2) is 74.7 Å². The molecule has 6 heteroatoms. The Kier molecular flexibility index (Phi) is 5.32. The summed E-state index contributed by atoms with van der Waals surface area (Å²) in [5.74, 6) is 0.349. The summed E-state index contributed by atoms with van der Waals surface area (Å²) in [5.41, 5.74) is 2.25. The molecule has 146 valence electrons. The maximum atomic E-state index is 10.6. The molecule has 0 unspecified atom stereocenters. The number of benzene rings is 1. The molecular weight excluding hydrogens is 327 g/mol. The highest BCUT2D eigenvalue weighted by Crippen LogP contribution is 2.37. The lowest BCUT2D eigenvalue weighted by Crippen LogP contribution is -2.42. The van der Waals surface area contributed by atoms with Crippen LogP contribution in [0.3, 0.4) is 0 Å². The quantitative estimate of drug-likeness (QED) is 0.643. The molecule has 0 radical (unpaired) electrons. The van der Waals surface area contributed by atoms with Crippen LogP contribution in [0.4, 0.5) is 0 Å². The smallest absolute Gasteiger partial charge is 0.495 e. The van der Waals surface area contributed by atoms with Crippen molar-refractivity contribution in [2.75, 3.05) is 42.3 Å². The molecular formula is C20H37BN2O3+2. The number of hydrogen-bond acceptors (Lipinski definition) is 3. The van der Waals surface area contributed by atoms with Gasteiger partial charge in [0.05, 0.1) is 53.5 Å². The number of phenolic OH excluding ortho intramolecular Hbond substituents is 1. The van der Waals surface area contributed by atoms with Crippen LogP contribution in [0.15, 0.2) is 12.1 Å². The van der Waals surface area contributed by atoms with Crippen LogP contribution < -0.4 is 5.46 Å². The molecule has 1 aliphatic rings. The second kappa shape index (κ2) is 6.52. The van der Waals surface area contributed by atoms with Crippen molar-refractivity contribution < 1.29 is 23.4 Å². The lowest BCUT2D eigenvalue weighted by atomic mass is 9.74. The van der Waals surface area contributed by atoms with E-state index >= 15 is 0 Å². The molecule has 0 aliphatic carbocycles. The summed E-state index contributed by atoms with van der Waals surface area (Å²) in [6, 6.07) is 3.97. The van der Waals surface area contributed by atoms with E-state index in [1.807, 2.05) is 6.07 Å². The number of hydrogen-bond donors (Lipinski definition) is 1. The summed E-state index contributed by atoms with van der Waals surface area (Å²) < 4.78 is 14.1. The normalized spacial score (nSPS) is 19.8. The van der Waals surface area contributed by atoms with Gasteiger partial charge in [-0.3, -0.25) is 0 Å². The standard InChI is InChI=1S/C20H36BN2O3/c1-19(2)20(3,4)26-21(25-19)17-11-16(14-23(8,9)10)18(24)12-15(17)13-22(5,6)7/h11-12H,13-14H2,1-10H3/q+1/p+1. The maximum absolute atomic E-state index is 10.6. The molecule has 1 N–H and O–H groups in total. The average Bonchev–Trinajstić information content (AvgIpc) is 2.58. The van der Waals surface area contributed by atoms with Crippen molar-refractivity contribution >= 4 is 12.6 Å². The van der Waals surface area contributed by atoms with E-state index in [9.17, 15) is 5.11 Å². The summed E-state index contributed by atoms with van der Waals surface area (Å²) >= 11 is 0. The van der Waals surface area contributed by atoms with E-state index in [2.05, 4.69) is 76.0 Å². The Morgan fingerprint density at radius 3 is 1.65 bits per heavy atom. The first-order valence-corrected chi connectivity index (χ1v) is 9.32. The first-order chi connectivity index (χ1) is 11.5. The van der Waals surface area contributed by atoms with Crippen molar-refractivity contribution in [2.24, 2.45) is 0 Å². The van der Waals surface area contributed by atoms with Crippen LogP contribution >= 0.6 is 0 Å². The van der Waals surface area contributed by atoms with Gasteiger partial charge in [0.15, 0.2) is 0 Å². The molecule has 0 bridgehead atoms. The van der Waals surface area contributed by atoms with Gasteiger partial charge in [0.25, 0.3) is 0 Å². The second-order valence-corrected chi connectivity index (χ2v) is 10.7. The Morgan fingerprint density at radius 2 is 1.23 bits per heavy atom. The van der Waals surface area contributed by atoms with Gasteiger partial charge >= 0.3 is 7.12 Å². The second-order valence-electron chi connectivity index (χ2n) is 10.7. The van der Waals surface area contributed by atoms with Gasteiger partial charge in [-0.25, -0.2) is 0 Å². The van der Waals surface area contributed by atoms with Gasteiger partial charge in [-0.2, -0.15) is 0 Å². The number of quaternary nitrogens is 2. The number of phenols is 1. The molecule has 5 nitrogen and oxygen atoms in total. The molecule has 0 spiro atoms. The molecule has 0 amide bonds. The fraction of sp³-hybridized carbons (Fsp3) is 0.700. The third-order valence-electron chi connectivity index (χ3n) is 5.14. The Morgan fingerprint density at radius 1 is 0.808 bits per heavy atom. The zero-order valence-electron chi connectivity index (χ0n) is 18.3. The number of rotatable bonds is 5. The van der Waals surface area contributed by atoms with Crippen molar-refractivity contribution in [1.29, 1.82) is 0 Å². The van der Waals surface area contributed by atoms with Gasteiger partial charge in [-0.05, 0) is 45.3 Å². The first-order valence-electron chi connectivity index (χ1n) is 9.32. The Labute approximate surface area is 159 Å². The summed E-state index contributed by atoms with van der Waals surface area (Å²) in [5, 5.41) is 10.6. The third-order valence-corrected chi connectivity index (χ3v) is 5.14. The Hall–Kier alpha value is -1.08. The minimum Gasteiger partial charge on any atom is -0.507 e. The first kappa shape index (κ1) is 21.2. The van der Waals surface area contributed by atoms with Crippen LogP contribution in [0.2, 0.25) is 0 Å². The van der Waals surface area contributed by atoms with Gasteiger partial charge in [0.2, 0.25) is 0 Å². The van der Waals surface area contributed by atoms with Crippen molar-refractivity contribution in [3.05, 3.63) is 23.3 Å². The monoisotopic (exact) mass is 364 g/mol. The molecule has 2 rings (SSSR count). The minimum absolute atomic E-state index is 0.349. The lowest BCUT2D eigenvalue weighted by molar-refractivity contribution is -0.884. The van der Waals surface area contributed by atoms with Gasteiger partial charge in [-0.1, -0.05) is 0 Å². The molecule has 1 aliphatic heterocycles. The minimum atomic E-state index is -0.423. The van der Waals surface area contributed by atoms with Crippen molar-refractivity contribution in [3.63, 3.8) is 0 Å². The molecule has 1 fully saturated rings. The Bertz CT molecular complexity index is 657. The largest absolute Gasteiger partial charge is 0.507 e. The molecule has 1 aromatic rings. The van der Waals surface area contributed by atoms with E-state index in [1.165, 1.54) is 0 Å². The van der Waals surface area contributed by atoms with E-state index in [4.69, 9.17) is 9.31 Å².